The van der Waals surface area contributed by atoms with E-state index in [1.807, 2.05) is 43.6 Å². The van der Waals surface area contributed by atoms with Crippen molar-refractivity contribution in [3.05, 3.63) is 66.5 Å². The third kappa shape index (κ3) is 2.56. The van der Waals surface area contributed by atoms with Crippen LogP contribution in [0.1, 0.15) is 10.5 Å². The Morgan fingerprint density at radius 2 is 1.95 bits per heavy atom. The summed E-state index contributed by atoms with van der Waals surface area (Å²) in [5.74, 6) is 0.0408. The molecule has 0 unspecified atom stereocenters. The molecule has 1 aromatic heterocycles. The van der Waals surface area contributed by atoms with Crippen molar-refractivity contribution in [2.45, 2.75) is 0 Å². The number of hydrogen-bond acceptors (Lipinski definition) is 2. The molecule has 3 aromatic rings. The summed E-state index contributed by atoms with van der Waals surface area (Å²) in [6.45, 7) is 0. The van der Waals surface area contributed by atoms with Crippen LogP contribution in [0.3, 0.4) is 0 Å². The number of carbonyl (C=O) groups is 1. The number of aromatic hydroxyl groups is 1. The average Bonchev–Trinajstić information content (AvgIpc) is 2.47. The molecule has 1 heterocycles. The van der Waals surface area contributed by atoms with Crippen LogP contribution in [-0.2, 0) is 7.05 Å². The molecule has 1 amide bonds. The number of benzene rings is 2. The van der Waals surface area contributed by atoms with Crippen molar-refractivity contribution in [1.29, 1.82) is 0 Å². The number of pyridine rings is 1. The fourth-order valence-corrected chi connectivity index (χ4v) is 2.33. The number of anilines is 1. The van der Waals surface area contributed by atoms with Gasteiger partial charge < -0.3 is 10.4 Å². The van der Waals surface area contributed by atoms with Crippen LogP contribution in [0.5, 0.6) is 5.75 Å². The maximum atomic E-state index is 12.4. The molecule has 4 nitrogen and oxygen atoms in total. The Morgan fingerprint density at radius 1 is 1.10 bits per heavy atom. The summed E-state index contributed by atoms with van der Waals surface area (Å²) >= 11 is 0. The summed E-state index contributed by atoms with van der Waals surface area (Å²) in [7, 11) is 1.83. The Hall–Kier alpha value is -2.88. The van der Waals surface area contributed by atoms with E-state index in [1.54, 1.807) is 28.8 Å². The molecular formula is C17H15N2O2+. The molecule has 0 bridgehead atoms. The Bertz CT molecular complexity index is 828. The summed E-state index contributed by atoms with van der Waals surface area (Å²) in [6.07, 6.45) is 1.83. The van der Waals surface area contributed by atoms with Crippen molar-refractivity contribution in [2.24, 2.45) is 7.05 Å². The van der Waals surface area contributed by atoms with Crippen molar-refractivity contribution in [3.63, 3.8) is 0 Å². The second kappa shape index (κ2) is 5.25. The minimum absolute atomic E-state index is 0.168. The van der Waals surface area contributed by atoms with Gasteiger partial charge in [0.1, 0.15) is 12.8 Å². The summed E-state index contributed by atoms with van der Waals surface area (Å²) in [5.41, 5.74) is 1.30. The third-order valence-electron chi connectivity index (χ3n) is 3.40. The molecule has 104 valence electrons. The number of phenols is 1. The van der Waals surface area contributed by atoms with Crippen LogP contribution in [-0.4, -0.2) is 11.0 Å². The molecule has 0 spiro atoms. The quantitative estimate of drug-likeness (QED) is 0.708. The van der Waals surface area contributed by atoms with E-state index in [0.717, 1.165) is 16.5 Å². The zero-order valence-electron chi connectivity index (χ0n) is 11.6. The van der Waals surface area contributed by atoms with Gasteiger partial charge in [0.15, 0.2) is 6.20 Å². The van der Waals surface area contributed by atoms with Gasteiger partial charge in [-0.05, 0) is 35.7 Å². The minimum atomic E-state index is -0.168. The van der Waals surface area contributed by atoms with Crippen LogP contribution >= 0.6 is 0 Å². The van der Waals surface area contributed by atoms with Gasteiger partial charge in [0, 0.05) is 23.2 Å². The molecule has 21 heavy (non-hydrogen) atoms. The van der Waals surface area contributed by atoms with Crippen molar-refractivity contribution >= 4 is 22.4 Å². The SMILES string of the molecule is C[n+]1ccccc1C(=O)Nc1cccc2cc(O)ccc12. The highest BCUT2D eigenvalue weighted by Gasteiger charge is 2.16. The monoisotopic (exact) mass is 279 g/mol. The number of nitrogens with one attached hydrogen (secondary N) is 1. The Balaban J connectivity index is 1.99. The minimum Gasteiger partial charge on any atom is -0.508 e. The smallest absolute Gasteiger partial charge is 0.320 e. The highest BCUT2D eigenvalue weighted by molar-refractivity contribution is 6.07. The predicted molar refractivity (Wildman–Crippen MR) is 81.2 cm³/mol. The van der Waals surface area contributed by atoms with Gasteiger partial charge in [0.05, 0.1) is 0 Å². The Morgan fingerprint density at radius 3 is 2.76 bits per heavy atom. The number of aromatic nitrogens is 1. The zero-order valence-corrected chi connectivity index (χ0v) is 11.6. The standard InChI is InChI=1S/C17H14N2O2/c1-19-10-3-2-7-16(19)17(21)18-15-6-4-5-12-11-13(20)8-9-14(12)15/h2-11H,1H3,(H-,18,20,21)/p+1. The number of amides is 1. The van der Waals surface area contributed by atoms with Crippen LogP contribution in [0.4, 0.5) is 5.69 Å². The summed E-state index contributed by atoms with van der Waals surface area (Å²) in [5, 5.41) is 14.2. The second-order valence-corrected chi connectivity index (χ2v) is 4.86. The molecule has 0 saturated carbocycles. The molecule has 0 saturated heterocycles. The molecule has 3 rings (SSSR count). The van der Waals surface area contributed by atoms with Gasteiger partial charge >= 0.3 is 5.91 Å². The van der Waals surface area contributed by atoms with Crippen LogP contribution in [0.2, 0.25) is 0 Å². The summed E-state index contributed by atoms with van der Waals surface area (Å²) < 4.78 is 1.77. The van der Waals surface area contributed by atoms with E-state index in [0.29, 0.717) is 5.69 Å². The van der Waals surface area contributed by atoms with Crippen LogP contribution in [0, 0.1) is 0 Å². The van der Waals surface area contributed by atoms with E-state index >= 15 is 0 Å². The lowest BCUT2D eigenvalue weighted by molar-refractivity contribution is -0.673. The number of fused-ring (bicyclic) bond motifs is 1. The van der Waals surface area contributed by atoms with E-state index in [9.17, 15) is 9.90 Å². The lowest BCUT2D eigenvalue weighted by Gasteiger charge is -2.08. The average molecular weight is 279 g/mol. The largest absolute Gasteiger partial charge is 0.508 e. The fraction of sp³-hybridized carbons (Fsp3) is 0.0588. The molecule has 0 radical (unpaired) electrons. The first kappa shape index (κ1) is 13.1. The molecule has 2 N–H and O–H groups in total. The van der Waals surface area contributed by atoms with Crippen LogP contribution in [0.25, 0.3) is 10.8 Å². The fourth-order valence-electron chi connectivity index (χ4n) is 2.33. The molecule has 0 aliphatic carbocycles. The highest BCUT2D eigenvalue weighted by Crippen LogP contribution is 2.26. The van der Waals surface area contributed by atoms with E-state index in [1.165, 1.54) is 0 Å². The van der Waals surface area contributed by atoms with Crippen molar-refractivity contribution in [2.75, 3.05) is 5.32 Å². The molecule has 0 fully saturated rings. The van der Waals surface area contributed by atoms with Crippen molar-refractivity contribution in [1.82, 2.24) is 0 Å². The molecule has 2 aromatic carbocycles. The maximum absolute atomic E-state index is 12.4. The Kier molecular flexibility index (Phi) is 3.28. The van der Waals surface area contributed by atoms with Crippen molar-refractivity contribution < 1.29 is 14.5 Å². The predicted octanol–water partition coefficient (Wildman–Crippen LogP) is 2.62. The number of aryl methyl sites for hydroxylation is 1. The van der Waals surface area contributed by atoms with Crippen LogP contribution < -0.4 is 9.88 Å². The zero-order chi connectivity index (χ0) is 14.8. The number of nitrogens with zero attached hydrogens (tertiary/aromatic N) is 1. The first-order chi connectivity index (χ1) is 10.1. The lowest BCUT2D eigenvalue weighted by atomic mass is 10.1. The number of carbonyl (C=O) groups excluding carboxylic acids is 1. The van der Waals surface area contributed by atoms with Gasteiger partial charge in [-0.1, -0.05) is 12.1 Å². The van der Waals surface area contributed by atoms with E-state index in [4.69, 9.17) is 0 Å². The topological polar surface area (TPSA) is 53.2 Å². The van der Waals surface area contributed by atoms with Crippen LogP contribution in [0.15, 0.2) is 60.8 Å². The van der Waals surface area contributed by atoms with Gasteiger partial charge in [-0.3, -0.25) is 4.79 Å². The van der Waals surface area contributed by atoms with Gasteiger partial charge in [-0.25, -0.2) is 0 Å². The highest BCUT2D eigenvalue weighted by atomic mass is 16.3. The molecular weight excluding hydrogens is 264 g/mol. The van der Waals surface area contributed by atoms with Gasteiger partial charge in [-0.15, -0.1) is 0 Å². The van der Waals surface area contributed by atoms with Crippen molar-refractivity contribution in [3.8, 4) is 5.75 Å². The van der Waals surface area contributed by atoms with Gasteiger partial charge in [0.2, 0.25) is 0 Å². The first-order valence-electron chi connectivity index (χ1n) is 6.63. The molecule has 0 aliphatic heterocycles. The lowest BCUT2D eigenvalue weighted by Crippen LogP contribution is -2.37. The second-order valence-electron chi connectivity index (χ2n) is 4.86. The number of rotatable bonds is 2. The molecule has 0 aliphatic rings. The summed E-state index contributed by atoms with van der Waals surface area (Å²) in [4.78, 5) is 12.4. The first-order valence-corrected chi connectivity index (χ1v) is 6.63. The van der Waals surface area contributed by atoms with E-state index in [-0.39, 0.29) is 11.7 Å². The number of phenolic OH excluding ortho intramolecular Hbond substituents is 1. The van der Waals surface area contributed by atoms with E-state index < -0.39 is 0 Å². The Labute approximate surface area is 122 Å². The van der Waals surface area contributed by atoms with Gasteiger partial charge in [-0.2, -0.15) is 4.57 Å². The van der Waals surface area contributed by atoms with E-state index in [2.05, 4.69) is 5.32 Å². The normalized spacial score (nSPS) is 10.5. The number of hydrogen-bond donors (Lipinski definition) is 2. The van der Waals surface area contributed by atoms with Gasteiger partial charge in [0.25, 0.3) is 5.69 Å². The third-order valence-corrected chi connectivity index (χ3v) is 3.40. The summed E-state index contributed by atoms with van der Waals surface area (Å²) in [6, 6.07) is 16.1. The molecule has 0 atom stereocenters. The molecule has 4 heteroatoms. The maximum Gasteiger partial charge on any atom is 0.320 e.